The Morgan fingerprint density at radius 3 is 2.25 bits per heavy atom. The zero-order chi connectivity index (χ0) is 26.2. The third-order valence-corrected chi connectivity index (χ3v) is 8.17. The lowest BCUT2D eigenvalue weighted by Gasteiger charge is -2.52. The van der Waals surface area contributed by atoms with Gasteiger partial charge in [0.1, 0.15) is 18.0 Å². The van der Waals surface area contributed by atoms with Gasteiger partial charge in [-0.3, -0.25) is 4.18 Å². The third-order valence-electron chi connectivity index (χ3n) is 6.89. The molecule has 0 radical (unpaired) electrons. The van der Waals surface area contributed by atoms with Crippen LogP contribution in [0.3, 0.4) is 0 Å². The summed E-state index contributed by atoms with van der Waals surface area (Å²) in [7, 11) is -2.82. The number of rotatable bonds is 8. The number of alkyl halides is 3. The Hall–Kier alpha value is -2.63. The SMILES string of the molecule is COC(=O)c1cc(OCC23CCC(COS(=O)(=O)c4ccc(C)cc4)(CC2)CO3)cc(C(F)(F)F)c1. The molecule has 0 unspecified atom stereocenters. The molecule has 7 nitrogen and oxygen atoms in total. The summed E-state index contributed by atoms with van der Waals surface area (Å²) in [6, 6.07) is 9.16. The lowest BCUT2D eigenvalue weighted by atomic mass is 9.67. The lowest BCUT2D eigenvalue weighted by Crippen LogP contribution is -2.55. The Balaban J connectivity index is 1.39. The Morgan fingerprint density at radius 2 is 1.69 bits per heavy atom. The van der Waals surface area contributed by atoms with Crippen LogP contribution >= 0.6 is 0 Å². The van der Waals surface area contributed by atoms with E-state index < -0.39 is 38.8 Å². The average Bonchev–Trinajstić information content (AvgIpc) is 2.87. The average molecular weight is 529 g/mol. The molecule has 0 N–H and O–H groups in total. The van der Waals surface area contributed by atoms with E-state index in [0.29, 0.717) is 31.7 Å². The summed E-state index contributed by atoms with van der Waals surface area (Å²) in [5, 5.41) is 0. The fraction of sp³-hybridized carbons (Fsp3) is 0.480. The molecule has 3 aliphatic rings. The number of aryl methyl sites for hydroxylation is 1. The maximum absolute atomic E-state index is 13.3. The quantitative estimate of drug-likeness (QED) is 0.355. The summed E-state index contributed by atoms with van der Waals surface area (Å²) in [5.41, 5.74) is -1.52. The van der Waals surface area contributed by atoms with Crippen LogP contribution in [0.2, 0.25) is 0 Å². The number of esters is 1. The van der Waals surface area contributed by atoms with Crippen molar-refractivity contribution in [2.24, 2.45) is 5.41 Å². The number of methoxy groups -OCH3 is 1. The largest absolute Gasteiger partial charge is 0.491 e. The van der Waals surface area contributed by atoms with Crippen LogP contribution in [-0.4, -0.2) is 46.9 Å². The Labute approximate surface area is 207 Å². The van der Waals surface area contributed by atoms with E-state index in [4.69, 9.17) is 13.7 Å². The molecule has 0 spiro atoms. The van der Waals surface area contributed by atoms with Gasteiger partial charge < -0.3 is 14.2 Å². The van der Waals surface area contributed by atoms with Crippen LogP contribution in [0.25, 0.3) is 0 Å². The highest BCUT2D eigenvalue weighted by Crippen LogP contribution is 2.49. The second kappa shape index (κ2) is 9.68. The minimum absolute atomic E-state index is 0.00642. The second-order valence-electron chi connectivity index (χ2n) is 9.53. The molecule has 1 aliphatic carbocycles. The number of hydrogen-bond donors (Lipinski definition) is 0. The van der Waals surface area contributed by atoms with Crippen LogP contribution < -0.4 is 4.74 Å². The maximum atomic E-state index is 13.3. The standard InChI is InChI=1S/C25H27F3O7S/c1-17-3-5-21(6-4-17)36(30,31)35-15-23-7-9-24(10-8-23,34-14-23)16-33-20-12-18(22(29)32-2)11-19(13-20)25(26,27)28/h3-6,11-13H,7-10,14-16H2,1-2H3. The zero-order valence-corrected chi connectivity index (χ0v) is 20.7. The van der Waals surface area contributed by atoms with Crippen molar-refractivity contribution in [3.8, 4) is 5.75 Å². The summed E-state index contributed by atoms with van der Waals surface area (Å²) >= 11 is 0. The number of benzene rings is 2. The molecule has 0 atom stereocenters. The first-order chi connectivity index (χ1) is 16.9. The van der Waals surface area contributed by atoms with Crippen molar-refractivity contribution in [1.29, 1.82) is 0 Å². The van der Waals surface area contributed by atoms with Gasteiger partial charge in [0.25, 0.3) is 10.1 Å². The van der Waals surface area contributed by atoms with E-state index in [-0.39, 0.29) is 36.0 Å². The molecule has 196 valence electrons. The van der Waals surface area contributed by atoms with Gasteiger partial charge in [-0.1, -0.05) is 17.7 Å². The fourth-order valence-electron chi connectivity index (χ4n) is 4.47. The van der Waals surface area contributed by atoms with Gasteiger partial charge in [0.05, 0.1) is 36.3 Å². The molecular formula is C25H27F3O7S. The first kappa shape index (κ1) is 26.4. The molecule has 0 aromatic heterocycles. The van der Waals surface area contributed by atoms with Crippen molar-refractivity contribution >= 4 is 16.1 Å². The van der Waals surface area contributed by atoms with Crippen molar-refractivity contribution < 1.29 is 44.8 Å². The Morgan fingerprint density at radius 1 is 1.03 bits per heavy atom. The minimum Gasteiger partial charge on any atom is -0.491 e. The van der Waals surface area contributed by atoms with Crippen LogP contribution in [0.15, 0.2) is 47.4 Å². The molecule has 2 aromatic carbocycles. The van der Waals surface area contributed by atoms with E-state index in [1.54, 1.807) is 12.1 Å². The molecule has 5 rings (SSSR count). The van der Waals surface area contributed by atoms with Gasteiger partial charge in [-0.15, -0.1) is 0 Å². The van der Waals surface area contributed by atoms with Crippen molar-refractivity contribution in [3.63, 3.8) is 0 Å². The summed E-state index contributed by atoms with van der Waals surface area (Å²) in [6.07, 6.45) is -2.36. The predicted molar refractivity (Wildman–Crippen MR) is 122 cm³/mol. The van der Waals surface area contributed by atoms with Crippen LogP contribution in [-0.2, 0) is 30.0 Å². The van der Waals surface area contributed by atoms with Gasteiger partial charge in [-0.05, 0) is 62.9 Å². The highest BCUT2D eigenvalue weighted by atomic mass is 32.2. The van der Waals surface area contributed by atoms with Crippen LogP contribution in [0.4, 0.5) is 13.2 Å². The maximum Gasteiger partial charge on any atom is 0.416 e. The number of hydrogen-bond acceptors (Lipinski definition) is 7. The molecule has 11 heteroatoms. The van der Waals surface area contributed by atoms with E-state index in [9.17, 15) is 26.4 Å². The summed E-state index contributed by atoms with van der Waals surface area (Å²) in [5.74, 6) is -1.01. The molecule has 3 fully saturated rings. The zero-order valence-electron chi connectivity index (χ0n) is 19.9. The lowest BCUT2D eigenvalue weighted by molar-refractivity contribution is -0.202. The molecule has 2 aromatic rings. The number of carbonyl (C=O) groups excluding carboxylic acids is 1. The van der Waals surface area contributed by atoms with Crippen LogP contribution in [0.1, 0.15) is 47.2 Å². The van der Waals surface area contributed by atoms with Gasteiger partial charge >= 0.3 is 12.1 Å². The Bertz CT molecular complexity index is 1200. The van der Waals surface area contributed by atoms with Crippen molar-refractivity contribution in [2.75, 3.05) is 26.9 Å². The molecule has 1 saturated carbocycles. The van der Waals surface area contributed by atoms with Gasteiger partial charge in [-0.25, -0.2) is 4.79 Å². The molecular weight excluding hydrogens is 501 g/mol. The van der Waals surface area contributed by atoms with Crippen molar-refractivity contribution in [1.82, 2.24) is 0 Å². The molecule has 2 heterocycles. The fourth-order valence-corrected chi connectivity index (χ4v) is 5.49. The topological polar surface area (TPSA) is 88.1 Å². The predicted octanol–water partition coefficient (Wildman–Crippen LogP) is 4.91. The number of fused-ring (bicyclic) bond motifs is 3. The first-order valence-corrected chi connectivity index (χ1v) is 12.8. The van der Waals surface area contributed by atoms with Crippen LogP contribution in [0.5, 0.6) is 5.75 Å². The minimum atomic E-state index is -4.66. The van der Waals surface area contributed by atoms with Gasteiger partial charge in [0, 0.05) is 5.41 Å². The molecule has 2 aliphatic heterocycles. The van der Waals surface area contributed by atoms with Gasteiger partial charge in [0.2, 0.25) is 0 Å². The second-order valence-corrected chi connectivity index (χ2v) is 11.1. The van der Waals surface area contributed by atoms with E-state index in [1.165, 1.54) is 18.2 Å². The number of carbonyl (C=O) groups is 1. The summed E-state index contributed by atoms with van der Waals surface area (Å²) in [6.45, 7) is 2.08. The molecule has 2 saturated heterocycles. The number of ether oxygens (including phenoxy) is 3. The Kier molecular flexibility index (Phi) is 7.11. The van der Waals surface area contributed by atoms with E-state index >= 15 is 0 Å². The first-order valence-electron chi connectivity index (χ1n) is 11.4. The van der Waals surface area contributed by atoms with Crippen LogP contribution in [0, 0.1) is 12.3 Å². The van der Waals surface area contributed by atoms with E-state index in [2.05, 4.69) is 4.74 Å². The molecule has 0 amide bonds. The number of halogens is 3. The highest BCUT2D eigenvalue weighted by Gasteiger charge is 2.51. The van der Waals surface area contributed by atoms with E-state index in [1.807, 2.05) is 6.92 Å². The van der Waals surface area contributed by atoms with E-state index in [0.717, 1.165) is 18.7 Å². The third kappa shape index (κ3) is 5.68. The van der Waals surface area contributed by atoms with Gasteiger partial charge in [-0.2, -0.15) is 21.6 Å². The summed E-state index contributed by atoms with van der Waals surface area (Å²) < 4.78 is 86.7. The monoisotopic (exact) mass is 528 g/mol. The molecule has 2 bridgehead atoms. The normalized spacial score (nSPS) is 23.9. The summed E-state index contributed by atoms with van der Waals surface area (Å²) in [4.78, 5) is 11.9. The smallest absolute Gasteiger partial charge is 0.416 e. The van der Waals surface area contributed by atoms with Crippen molar-refractivity contribution in [2.45, 2.75) is 49.3 Å². The van der Waals surface area contributed by atoms with Crippen molar-refractivity contribution in [3.05, 3.63) is 59.2 Å². The highest BCUT2D eigenvalue weighted by molar-refractivity contribution is 7.86. The van der Waals surface area contributed by atoms with Gasteiger partial charge in [0.15, 0.2) is 0 Å². The molecule has 36 heavy (non-hydrogen) atoms.